The molecular formula is C12H20O. The van der Waals surface area contributed by atoms with Gasteiger partial charge in [0.15, 0.2) is 0 Å². The van der Waals surface area contributed by atoms with Crippen molar-refractivity contribution in [2.45, 2.75) is 46.1 Å². The quantitative estimate of drug-likeness (QED) is 0.568. The summed E-state index contributed by atoms with van der Waals surface area (Å²) < 4.78 is 0. The van der Waals surface area contributed by atoms with Crippen LogP contribution in [0.2, 0.25) is 0 Å². The van der Waals surface area contributed by atoms with E-state index < -0.39 is 0 Å². The van der Waals surface area contributed by atoms with Crippen LogP contribution in [0.25, 0.3) is 0 Å². The summed E-state index contributed by atoms with van der Waals surface area (Å²) >= 11 is 0. The minimum Gasteiger partial charge on any atom is -0.392 e. The van der Waals surface area contributed by atoms with Crippen molar-refractivity contribution in [1.82, 2.24) is 0 Å². The molecule has 0 amide bonds. The highest BCUT2D eigenvalue weighted by atomic mass is 16.3. The van der Waals surface area contributed by atoms with Gasteiger partial charge in [-0.15, -0.1) is 0 Å². The smallest absolute Gasteiger partial charge is 0.0610 e. The predicted molar refractivity (Wildman–Crippen MR) is 54.4 cm³/mol. The highest BCUT2D eigenvalue weighted by molar-refractivity contribution is 5.14. The molecule has 0 aromatic carbocycles. The molecule has 2 aliphatic rings. The molecule has 1 nitrogen and oxygen atoms in total. The molecule has 0 radical (unpaired) electrons. The lowest BCUT2D eigenvalue weighted by Crippen LogP contribution is -2.25. The largest absolute Gasteiger partial charge is 0.392 e. The first kappa shape index (κ1) is 9.26. The van der Waals surface area contributed by atoms with E-state index in [0.29, 0.717) is 17.3 Å². The minimum absolute atomic E-state index is 0.0877. The Bertz CT molecular complexity index is 240. The summed E-state index contributed by atoms with van der Waals surface area (Å²) in [5.74, 6) is 1.16. The van der Waals surface area contributed by atoms with Gasteiger partial charge < -0.3 is 5.11 Å². The average molecular weight is 180 g/mol. The van der Waals surface area contributed by atoms with E-state index in [4.69, 9.17) is 0 Å². The second-order valence-electron chi connectivity index (χ2n) is 5.50. The van der Waals surface area contributed by atoms with Crippen LogP contribution < -0.4 is 0 Å². The molecule has 3 atom stereocenters. The van der Waals surface area contributed by atoms with Gasteiger partial charge in [0.2, 0.25) is 0 Å². The summed E-state index contributed by atoms with van der Waals surface area (Å²) in [5.41, 5.74) is 1.82. The Labute approximate surface area is 80.8 Å². The van der Waals surface area contributed by atoms with Crippen LogP contribution >= 0.6 is 0 Å². The third-order valence-electron chi connectivity index (χ3n) is 3.97. The molecule has 0 heterocycles. The standard InChI is InChI=1S/C12H20O/c1-8-4-5-10-9(6-8)11(13)7-12(10,2)3/h6,9-11,13H,4-5,7H2,1-3H3/t9-,10+,11-/m0/s1. The third-order valence-corrected chi connectivity index (χ3v) is 3.97. The highest BCUT2D eigenvalue weighted by Crippen LogP contribution is 2.51. The predicted octanol–water partition coefficient (Wildman–Crippen LogP) is 2.75. The van der Waals surface area contributed by atoms with Gasteiger partial charge in [0, 0.05) is 5.92 Å². The molecule has 0 aromatic rings. The van der Waals surface area contributed by atoms with Crippen molar-refractivity contribution in [1.29, 1.82) is 0 Å². The van der Waals surface area contributed by atoms with Crippen molar-refractivity contribution in [2.75, 3.05) is 0 Å². The zero-order chi connectivity index (χ0) is 9.64. The number of aliphatic hydroxyl groups excluding tert-OH is 1. The fraction of sp³-hybridized carbons (Fsp3) is 0.833. The molecule has 0 aliphatic heterocycles. The lowest BCUT2D eigenvalue weighted by Gasteiger charge is -2.32. The second kappa shape index (κ2) is 2.84. The topological polar surface area (TPSA) is 20.2 Å². The maximum Gasteiger partial charge on any atom is 0.0610 e. The molecule has 0 bridgehead atoms. The SMILES string of the molecule is CC1=C[C@H]2[C@@H](CC1)C(C)(C)C[C@@H]2O. The van der Waals surface area contributed by atoms with Crippen molar-refractivity contribution >= 4 is 0 Å². The zero-order valence-corrected chi connectivity index (χ0v) is 8.88. The van der Waals surface area contributed by atoms with Gasteiger partial charge in [-0.2, -0.15) is 0 Å². The van der Waals surface area contributed by atoms with Crippen LogP contribution in [0.1, 0.15) is 40.0 Å². The van der Waals surface area contributed by atoms with Gasteiger partial charge >= 0.3 is 0 Å². The summed E-state index contributed by atoms with van der Waals surface area (Å²) in [6.45, 7) is 6.79. The van der Waals surface area contributed by atoms with Gasteiger partial charge in [0.05, 0.1) is 6.10 Å². The van der Waals surface area contributed by atoms with Crippen LogP contribution in [0.15, 0.2) is 11.6 Å². The summed E-state index contributed by atoms with van der Waals surface area (Å²) in [5, 5.41) is 9.93. The van der Waals surface area contributed by atoms with Gasteiger partial charge in [-0.1, -0.05) is 25.5 Å². The molecule has 13 heavy (non-hydrogen) atoms. The molecule has 2 aliphatic carbocycles. The lowest BCUT2D eigenvalue weighted by molar-refractivity contribution is 0.137. The molecule has 0 spiro atoms. The van der Waals surface area contributed by atoms with Crippen molar-refractivity contribution in [3.63, 3.8) is 0 Å². The Hall–Kier alpha value is -0.300. The van der Waals surface area contributed by atoms with Crippen LogP contribution in [0, 0.1) is 17.3 Å². The molecular weight excluding hydrogens is 160 g/mol. The summed E-state index contributed by atoms with van der Waals surface area (Å²) in [7, 11) is 0. The zero-order valence-electron chi connectivity index (χ0n) is 8.88. The first-order valence-corrected chi connectivity index (χ1v) is 5.36. The van der Waals surface area contributed by atoms with Gasteiger partial charge in [0.1, 0.15) is 0 Å². The fourth-order valence-corrected chi connectivity index (χ4v) is 3.22. The van der Waals surface area contributed by atoms with Crippen LogP contribution in [-0.4, -0.2) is 11.2 Å². The van der Waals surface area contributed by atoms with E-state index in [9.17, 15) is 5.11 Å². The maximum absolute atomic E-state index is 9.93. The van der Waals surface area contributed by atoms with Crippen LogP contribution in [-0.2, 0) is 0 Å². The van der Waals surface area contributed by atoms with E-state index >= 15 is 0 Å². The lowest BCUT2D eigenvalue weighted by atomic mass is 9.72. The van der Waals surface area contributed by atoms with Gasteiger partial charge in [-0.25, -0.2) is 0 Å². The van der Waals surface area contributed by atoms with Gasteiger partial charge in [-0.05, 0) is 37.5 Å². The first-order chi connectivity index (χ1) is 6.00. The highest BCUT2D eigenvalue weighted by Gasteiger charge is 2.47. The molecule has 1 N–H and O–H groups in total. The number of hydrogen-bond acceptors (Lipinski definition) is 1. The first-order valence-electron chi connectivity index (χ1n) is 5.36. The molecule has 0 unspecified atom stereocenters. The number of aliphatic hydroxyl groups is 1. The van der Waals surface area contributed by atoms with Crippen molar-refractivity contribution < 1.29 is 5.11 Å². The second-order valence-corrected chi connectivity index (χ2v) is 5.50. The summed E-state index contributed by atoms with van der Waals surface area (Å²) in [6.07, 6.45) is 5.71. The summed E-state index contributed by atoms with van der Waals surface area (Å²) in [6, 6.07) is 0. The van der Waals surface area contributed by atoms with E-state index in [2.05, 4.69) is 26.8 Å². The van der Waals surface area contributed by atoms with Gasteiger partial charge in [-0.3, -0.25) is 0 Å². The molecule has 74 valence electrons. The molecule has 0 saturated heterocycles. The fourth-order valence-electron chi connectivity index (χ4n) is 3.22. The molecule has 2 rings (SSSR count). The normalized spacial score (nSPS) is 42.8. The van der Waals surface area contributed by atoms with E-state index in [1.165, 1.54) is 18.4 Å². The maximum atomic E-state index is 9.93. The van der Waals surface area contributed by atoms with Crippen LogP contribution in [0.4, 0.5) is 0 Å². The van der Waals surface area contributed by atoms with E-state index in [-0.39, 0.29) is 6.10 Å². The summed E-state index contributed by atoms with van der Waals surface area (Å²) in [4.78, 5) is 0. The van der Waals surface area contributed by atoms with Gasteiger partial charge in [0.25, 0.3) is 0 Å². The monoisotopic (exact) mass is 180 g/mol. The third kappa shape index (κ3) is 1.43. The van der Waals surface area contributed by atoms with Crippen LogP contribution in [0.3, 0.4) is 0 Å². The van der Waals surface area contributed by atoms with Crippen LogP contribution in [0.5, 0.6) is 0 Å². The number of allylic oxidation sites excluding steroid dienone is 1. The van der Waals surface area contributed by atoms with E-state index in [1.54, 1.807) is 0 Å². The van der Waals surface area contributed by atoms with Crippen molar-refractivity contribution in [3.05, 3.63) is 11.6 Å². The van der Waals surface area contributed by atoms with E-state index in [0.717, 1.165) is 6.42 Å². The molecule has 0 aromatic heterocycles. The Morgan fingerprint density at radius 2 is 2.15 bits per heavy atom. The number of rotatable bonds is 0. The Morgan fingerprint density at radius 3 is 2.85 bits per heavy atom. The molecule has 1 saturated carbocycles. The molecule has 1 fully saturated rings. The number of hydrogen-bond donors (Lipinski definition) is 1. The average Bonchev–Trinajstić information content (AvgIpc) is 2.22. The Kier molecular flexibility index (Phi) is 2.03. The van der Waals surface area contributed by atoms with Crippen molar-refractivity contribution in [3.8, 4) is 0 Å². The minimum atomic E-state index is -0.0877. The Morgan fingerprint density at radius 1 is 1.46 bits per heavy atom. The van der Waals surface area contributed by atoms with Crippen molar-refractivity contribution in [2.24, 2.45) is 17.3 Å². The number of fused-ring (bicyclic) bond motifs is 1. The molecule has 1 heteroatoms. The van der Waals surface area contributed by atoms with E-state index in [1.807, 2.05) is 0 Å². The Balaban J connectivity index is 2.27.